The Hall–Kier alpha value is -3.47. The molecule has 0 radical (unpaired) electrons. The van der Waals surface area contributed by atoms with Crippen molar-refractivity contribution in [3.05, 3.63) is 101 Å². The molecule has 0 saturated carbocycles. The lowest BCUT2D eigenvalue weighted by Crippen LogP contribution is -2.09. The van der Waals surface area contributed by atoms with Crippen molar-refractivity contribution in [2.24, 2.45) is 0 Å². The van der Waals surface area contributed by atoms with Crippen molar-refractivity contribution in [2.45, 2.75) is 19.5 Å². The molecule has 4 rings (SSSR count). The molecule has 0 aliphatic carbocycles. The first kappa shape index (κ1) is 19.8. The zero-order chi connectivity index (χ0) is 21.3. The number of aryl methyl sites for hydroxylation is 1. The number of hydrogen-bond acceptors (Lipinski definition) is 2. The quantitative estimate of drug-likeness (QED) is 0.353. The first-order valence-electron chi connectivity index (χ1n) is 9.58. The van der Waals surface area contributed by atoms with E-state index in [1.54, 1.807) is 36.4 Å². The van der Waals surface area contributed by atoms with Gasteiger partial charge in [-0.15, -0.1) is 0 Å². The molecule has 2 nitrogen and oxygen atoms in total. The average molecular weight is 405 g/mol. The molecule has 150 valence electrons. The van der Waals surface area contributed by atoms with Gasteiger partial charge in [0.15, 0.2) is 5.78 Å². The highest BCUT2D eigenvalue weighted by molar-refractivity contribution is 6.16. The molecule has 5 heteroatoms. The molecule has 1 aromatic heterocycles. The molecule has 30 heavy (non-hydrogen) atoms. The Morgan fingerprint density at radius 3 is 2.23 bits per heavy atom. The second kappa shape index (κ2) is 7.75. The Labute approximate surface area is 172 Å². The maximum absolute atomic E-state index is 13.6. The van der Waals surface area contributed by atoms with Gasteiger partial charge in [-0.05, 0) is 23.6 Å². The summed E-state index contributed by atoms with van der Waals surface area (Å²) in [4.78, 5) is 17.3. The van der Waals surface area contributed by atoms with Gasteiger partial charge in [0.25, 0.3) is 0 Å². The predicted octanol–water partition coefficient (Wildman–Crippen LogP) is 6.71. The normalized spacial score (nSPS) is 11.6. The van der Waals surface area contributed by atoms with Crippen molar-refractivity contribution in [3.8, 4) is 11.1 Å². The molecule has 4 aromatic rings. The number of carbonyl (C=O) groups is 1. The van der Waals surface area contributed by atoms with E-state index in [1.807, 2.05) is 31.2 Å². The van der Waals surface area contributed by atoms with Gasteiger partial charge in [0.05, 0.1) is 11.1 Å². The van der Waals surface area contributed by atoms with E-state index in [0.717, 1.165) is 18.1 Å². The number of para-hydroxylation sites is 1. The van der Waals surface area contributed by atoms with Crippen LogP contribution in [0.1, 0.15) is 34.0 Å². The number of rotatable bonds is 4. The number of nitrogens with zero attached hydrogens (tertiary/aromatic N) is 1. The van der Waals surface area contributed by atoms with E-state index in [0.29, 0.717) is 22.1 Å². The summed E-state index contributed by atoms with van der Waals surface area (Å²) < 4.78 is 40.7. The van der Waals surface area contributed by atoms with Crippen LogP contribution in [0.15, 0.2) is 79.0 Å². The second-order valence-electron chi connectivity index (χ2n) is 6.99. The molecule has 0 aliphatic heterocycles. The van der Waals surface area contributed by atoms with Gasteiger partial charge in [0, 0.05) is 28.3 Å². The summed E-state index contributed by atoms with van der Waals surface area (Å²) in [6.45, 7) is 2.02. The highest BCUT2D eigenvalue weighted by Gasteiger charge is 2.34. The number of ketones is 1. The predicted molar refractivity (Wildman–Crippen MR) is 111 cm³/mol. The van der Waals surface area contributed by atoms with Crippen molar-refractivity contribution in [2.75, 3.05) is 0 Å². The van der Waals surface area contributed by atoms with Gasteiger partial charge < -0.3 is 0 Å². The lowest BCUT2D eigenvalue weighted by atomic mass is 9.90. The third-order valence-corrected chi connectivity index (χ3v) is 5.13. The number of aromatic nitrogens is 1. The zero-order valence-corrected chi connectivity index (χ0v) is 16.2. The monoisotopic (exact) mass is 405 g/mol. The SMILES string of the molecule is CCc1ccc(-c2c(C(=O)c3ccccc3)cnc3c(C(F)(F)F)cccc23)cc1. The van der Waals surface area contributed by atoms with Gasteiger partial charge in [-0.25, -0.2) is 0 Å². The topological polar surface area (TPSA) is 30.0 Å². The minimum absolute atomic E-state index is 0.163. The maximum atomic E-state index is 13.6. The number of carbonyl (C=O) groups excluding carboxylic acids is 1. The molecular weight excluding hydrogens is 387 g/mol. The van der Waals surface area contributed by atoms with E-state index >= 15 is 0 Å². The van der Waals surface area contributed by atoms with Crippen LogP contribution in [-0.2, 0) is 12.6 Å². The summed E-state index contributed by atoms with van der Waals surface area (Å²) >= 11 is 0. The fourth-order valence-corrected chi connectivity index (χ4v) is 3.59. The minimum Gasteiger partial charge on any atom is -0.289 e. The Balaban J connectivity index is 2.03. The van der Waals surface area contributed by atoms with Crippen molar-refractivity contribution in [3.63, 3.8) is 0 Å². The molecule has 0 amide bonds. The van der Waals surface area contributed by atoms with Crippen molar-refractivity contribution < 1.29 is 18.0 Å². The third-order valence-electron chi connectivity index (χ3n) is 5.13. The molecule has 1 heterocycles. The summed E-state index contributed by atoms with van der Waals surface area (Å²) in [5, 5.41) is 0.302. The van der Waals surface area contributed by atoms with Crippen molar-refractivity contribution in [1.29, 1.82) is 0 Å². The van der Waals surface area contributed by atoms with Gasteiger partial charge in [-0.2, -0.15) is 13.2 Å². The summed E-state index contributed by atoms with van der Waals surface area (Å²) in [6.07, 6.45) is -2.44. The van der Waals surface area contributed by atoms with Crippen LogP contribution in [0.5, 0.6) is 0 Å². The van der Waals surface area contributed by atoms with Crippen LogP contribution >= 0.6 is 0 Å². The van der Waals surface area contributed by atoms with Crippen LogP contribution in [-0.4, -0.2) is 10.8 Å². The molecule has 0 unspecified atom stereocenters. The first-order valence-corrected chi connectivity index (χ1v) is 9.58. The minimum atomic E-state index is -4.54. The Morgan fingerprint density at radius 1 is 0.900 bits per heavy atom. The molecule has 0 atom stereocenters. The number of hydrogen-bond donors (Lipinski definition) is 0. The highest BCUT2D eigenvalue weighted by atomic mass is 19.4. The molecule has 3 aromatic carbocycles. The van der Waals surface area contributed by atoms with Crippen molar-refractivity contribution >= 4 is 16.7 Å². The fourth-order valence-electron chi connectivity index (χ4n) is 3.59. The summed E-state index contributed by atoms with van der Waals surface area (Å²) in [5.74, 6) is -0.281. The summed E-state index contributed by atoms with van der Waals surface area (Å²) in [5.41, 5.74) is 1.99. The smallest absolute Gasteiger partial charge is 0.289 e. The number of alkyl halides is 3. The van der Waals surface area contributed by atoms with E-state index in [1.165, 1.54) is 12.3 Å². The van der Waals surface area contributed by atoms with Gasteiger partial charge in [-0.1, -0.05) is 73.7 Å². The van der Waals surface area contributed by atoms with E-state index in [9.17, 15) is 18.0 Å². The fraction of sp³-hybridized carbons (Fsp3) is 0.120. The van der Waals surface area contributed by atoms with Crippen LogP contribution in [0.4, 0.5) is 13.2 Å². The molecule has 0 aliphatic rings. The van der Waals surface area contributed by atoms with Crippen molar-refractivity contribution in [1.82, 2.24) is 4.98 Å². The third kappa shape index (κ3) is 3.59. The lowest BCUT2D eigenvalue weighted by Gasteiger charge is -2.16. The summed E-state index contributed by atoms with van der Waals surface area (Å²) in [7, 11) is 0. The van der Waals surface area contributed by atoms with E-state index in [2.05, 4.69) is 4.98 Å². The molecule has 0 fully saturated rings. The molecule has 0 bridgehead atoms. The number of halogens is 3. The maximum Gasteiger partial charge on any atom is 0.418 e. The van der Waals surface area contributed by atoms with E-state index in [-0.39, 0.29) is 16.9 Å². The van der Waals surface area contributed by atoms with Gasteiger partial charge >= 0.3 is 6.18 Å². The van der Waals surface area contributed by atoms with E-state index in [4.69, 9.17) is 0 Å². The average Bonchev–Trinajstić information content (AvgIpc) is 2.77. The zero-order valence-electron chi connectivity index (χ0n) is 16.2. The first-order chi connectivity index (χ1) is 14.4. The van der Waals surface area contributed by atoms with Crippen LogP contribution in [0, 0.1) is 0 Å². The van der Waals surface area contributed by atoms with Crippen LogP contribution in [0.2, 0.25) is 0 Å². The van der Waals surface area contributed by atoms with Gasteiger partial charge in [0.2, 0.25) is 0 Å². The molecule has 0 N–H and O–H groups in total. The van der Waals surface area contributed by atoms with Crippen LogP contribution < -0.4 is 0 Å². The molecular formula is C25H18F3NO. The Bertz CT molecular complexity index is 1210. The largest absolute Gasteiger partial charge is 0.418 e. The summed E-state index contributed by atoms with van der Waals surface area (Å²) in [6, 6.07) is 20.1. The highest BCUT2D eigenvalue weighted by Crippen LogP contribution is 2.39. The lowest BCUT2D eigenvalue weighted by molar-refractivity contribution is -0.136. The Kier molecular flexibility index (Phi) is 5.12. The molecule has 0 spiro atoms. The van der Waals surface area contributed by atoms with E-state index < -0.39 is 11.7 Å². The van der Waals surface area contributed by atoms with Crippen LogP contribution in [0.25, 0.3) is 22.0 Å². The number of pyridine rings is 1. The number of benzene rings is 3. The van der Waals surface area contributed by atoms with Crippen LogP contribution in [0.3, 0.4) is 0 Å². The standard InChI is InChI=1S/C25H18F3NO/c1-2-16-11-13-17(14-12-16)22-19-9-6-10-21(25(26,27)28)23(19)29-15-20(22)24(30)18-7-4-3-5-8-18/h3-15H,2H2,1H3. The number of fused-ring (bicyclic) bond motifs is 1. The van der Waals surface area contributed by atoms with Gasteiger partial charge in [0.1, 0.15) is 0 Å². The molecule has 0 saturated heterocycles. The van der Waals surface area contributed by atoms with Gasteiger partial charge in [-0.3, -0.25) is 9.78 Å². The Morgan fingerprint density at radius 2 is 1.60 bits per heavy atom. The second-order valence-corrected chi connectivity index (χ2v) is 6.99.